The molecule has 0 aromatic heterocycles. The monoisotopic (exact) mass is 435 g/mol. The molecule has 0 radical (unpaired) electrons. The molecule has 4 rings (SSSR count). The fraction of sp³-hybridized carbons (Fsp3) is 0.167. The number of ether oxygens (including phenoxy) is 1. The first-order valence-corrected chi connectivity index (χ1v) is 10.3. The van der Waals surface area contributed by atoms with Crippen LogP contribution in [0.1, 0.15) is 24.1 Å². The summed E-state index contributed by atoms with van der Waals surface area (Å²) in [5.41, 5.74) is 3.58. The normalized spacial score (nSPS) is 15.8. The molecule has 6 nitrogen and oxygen atoms in total. The number of carbonyl (C=O) groups excluding carboxylic acids is 2. The minimum Gasteiger partial charge on any atom is -0.479 e. The lowest BCUT2D eigenvalue weighted by Crippen LogP contribution is -2.34. The molecule has 7 heteroatoms. The Bertz CT molecular complexity index is 1130. The predicted molar refractivity (Wildman–Crippen MR) is 123 cm³/mol. The third-order valence-electron chi connectivity index (χ3n) is 5.06. The fourth-order valence-electron chi connectivity index (χ4n) is 3.30. The van der Waals surface area contributed by atoms with Crippen LogP contribution in [0.5, 0.6) is 5.75 Å². The minimum atomic E-state index is -0.668. The maximum absolute atomic E-state index is 13.2. The molecule has 2 atom stereocenters. The number of hydrogen-bond acceptors (Lipinski definition) is 4. The zero-order valence-electron chi connectivity index (χ0n) is 17.1. The van der Waals surface area contributed by atoms with Crippen molar-refractivity contribution in [1.82, 2.24) is 0 Å². The summed E-state index contributed by atoms with van der Waals surface area (Å²) in [4.78, 5) is 25.1. The van der Waals surface area contributed by atoms with E-state index in [9.17, 15) is 9.59 Å². The summed E-state index contributed by atoms with van der Waals surface area (Å²) in [6.45, 7) is 3.60. The number of benzene rings is 3. The van der Waals surface area contributed by atoms with Crippen LogP contribution < -0.4 is 20.7 Å². The predicted octanol–water partition coefficient (Wildman–Crippen LogP) is 5.16. The van der Waals surface area contributed by atoms with Crippen molar-refractivity contribution in [2.45, 2.75) is 26.0 Å². The molecule has 0 saturated heterocycles. The molecule has 3 aromatic rings. The van der Waals surface area contributed by atoms with E-state index in [0.29, 0.717) is 27.8 Å². The minimum absolute atomic E-state index is 0.210. The average molecular weight is 436 g/mol. The Labute approximate surface area is 185 Å². The van der Waals surface area contributed by atoms with Gasteiger partial charge in [0.05, 0.1) is 5.69 Å². The van der Waals surface area contributed by atoms with E-state index in [4.69, 9.17) is 16.3 Å². The van der Waals surface area contributed by atoms with E-state index >= 15 is 0 Å². The van der Waals surface area contributed by atoms with E-state index < -0.39 is 12.1 Å². The number of nitrogens with one attached hydrogen (secondary N) is 3. The zero-order chi connectivity index (χ0) is 22.0. The molecule has 31 heavy (non-hydrogen) atoms. The van der Waals surface area contributed by atoms with Crippen LogP contribution in [0.3, 0.4) is 0 Å². The standard InChI is InChI=1S/C24H22ClN3O3/c1-14-8-9-17(12-19(14)25)27-24(30)22(16-6-4-3-5-7-16)26-18-10-11-21-20(13-18)28-23(29)15(2)31-21/h3-13,15,22,26H,1-2H3,(H,27,30)(H,28,29)/t15-,22+/m0/s1. The molecule has 0 spiro atoms. The van der Waals surface area contributed by atoms with Gasteiger partial charge in [-0.05, 0) is 55.3 Å². The molecule has 1 aliphatic rings. The second-order valence-corrected chi connectivity index (χ2v) is 7.81. The lowest BCUT2D eigenvalue weighted by Gasteiger charge is -2.25. The Balaban J connectivity index is 1.60. The maximum atomic E-state index is 13.2. The highest BCUT2D eigenvalue weighted by Crippen LogP contribution is 2.33. The molecule has 0 fully saturated rings. The molecule has 0 aliphatic carbocycles. The number of amides is 2. The Morgan fingerprint density at radius 3 is 2.55 bits per heavy atom. The van der Waals surface area contributed by atoms with Gasteiger partial charge in [-0.25, -0.2) is 0 Å². The van der Waals surface area contributed by atoms with E-state index in [1.807, 2.05) is 55.5 Å². The van der Waals surface area contributed by atoms with Crippen molar-refractivity contribution in [1.29, 1.82) is 0 Å². The first kappa shape index (κ1) is 20.8. The lowest BCUT2D eigenvalue weighted by molar-refractivity contribution is -0.122. The summed E-state index contributed by atoms with van der Waals surface area (Å²) in [5.74, 6) is 0.142. The van der Waals surface area contributed by atoms with Crippen molar-refractivity contribution in [3.8, 4) is 5.75 Å². The molecule has 2 amide bonds. The molecule has 3 aromatic carbocycles. The van der Waals surface area contributed by atoms with Crippen molar-refractivity contribution in [3.05, 3.63) is 82.9 Å². The molecule has 0 unspecified atom stereocenters. The van der Waals surface area contributed by atoms with Crippen molar-refractivity contribution in [3.63, 3.8) is 0 Å². The van der Waals surface area contributed by atoms with E-state index in [0.717, 1.165) is 11.1 Å². The largest absolute Gasteiger partial charge is 0.479 e. The fourth-order valence-corrected chi connectivity index (χ4v) is 3.48. The van der Waals surface area contributed by atoms with Gasteiger partial charge in [0.1, 0.15) is 11.8 Å². The van der Waals surface area contributed by atoms with E-state index in [2.05, 4.69) is 16.0 Å². The van der Waals surface area contributed by atoms with Crippen molar-refractivity contribution in [2.75, 3.05) is 16.0 Å². The molecule has 3 N–H and O–H groups in total. The highest BCUT2D eigenvalue weighted by molar-refractivity contribution is 6.31. The summed E-state index contributed by atoms with van der Waals surface area (Å²) in [5, 5.41) is 9.60. The van der Waals surface area contributed by atoms with Gasteiger partial charge in [0.15, 0.2) is 6.10 Å². The third-order valence-corrected chi connectivity index (χ3v) is 5.46. The maximum Gasteiger partial charge on any atom is 0.265 e. The second kappa shape index (κ2) is 8.70. The molecule has 0 saturated carbocycles. The average Bonchev–Trinajstić information content (AvgIpc) is 2.76. The van der Waals surface area contributed by atoms with Gasteiger partial charge in [0.25, 0.3) is 11.8 Å². The number of rotatable bonds is 5. The zero-order valence-corrected chi connectivity index (χ0v) is 17.9. The Kier molecular flexibility index (Phi) is 5.82. The van der Waals surface area contributed by atoms with Crippen LogP contribution in [0.25, 0.3) is 0 Å². The first-order chi connectivity index (χ1) is 14.9. The summed E-state index contributed by atoms with van der Waals surface area (Å²) >= 11 is 6.20. The molecule has 1 heterocycles. The molecule has 158 valence electrons. The van der Waals surface area contributed by atoms with Crippen LogP contribution in [-0.4, -0.2) is 17.9 Å². The van der Waals surface area contributed by atoms with Crippen LogP contribution in [0.4, 0.5) is 17.1 Å². The highest BCUT2D eigenvalue weighted by atomic mass is 35.5. The van der Waals surface area contributed by atoms with Crippen molar-refractivity contribution < 1.29 is 14.3 Å². The smallest absolute Gasteiger partial charge is 0.265 e. The summed E-state index contributed by atoms with van der Waals surface area (Å²) in [6.07, 6.45) is -0.546. The van der Waals surface area contributed by atoms with Gasteiger partial charge in [-0.3, -0.25) is 9.59 Å². The number of aryl methyl sites for hydroxylation is 1. The van der Waals surface area contributed by atoms with Crippen LogP contribution in [0.15, 0.2) is 66.7 Å². The number of fused-ring (bicyclic) bond motifs is 1. The SMILES string of the molecule is Cc1ccc(NC(=O)[C@H](Nc2ccc3c(c2)NC(=O)[C@H](C)O3)c2ccccc2)cc1Cl. The Morgan fingerprint density at radius 1 is 1.06 bits per heavy atom. The van der Waals surface area contributed by atoms with Crippen LogP contribution in [0, 0.1) is 6.92 Å². The molecule has 0 bridgehead atoms. The van der Waals surface area contributed by atoms with Crippen molar-refractivity contribution in [2.24, 2.45) is 0 Å². The number of carbonyl (C=O) groups is 2. The number of hydrogen-bond donors (Lipinski definition) is 3. The van der Waals surface area contributed by atoms with Crippen molar-refractivity contribution >= 4 is 40.5 Å². The summed E-state index contributed by atoms with van der Waals surface area (Å²) in [7, 11) is 0. The Morgan fingerprint density at radius 2 is 1.81 bits per heavy atom. The molecule has 1 aliphatic heterocycles. The number of anilines is 3. The topological polar surface area (TPSA) is 79.5 Å². The van der Waals surface area contributed by atoms with E-state index in [-0.39, 0.29) is 11.8 Å². The van der Waals surface area contributed by atoms with E-state index in [1.165, 1.54) is 0 Å². The van der Waals surface area contributed by atoms with Crippen LogP contribution in [-0.2, 0) is 9.59 Å². The summed E-state index contributed by atoms with van der Waals surface area (Å²) in [6, 6.07) is 19.5. The lowest BCUT2D eigenvalue weighted by atomic mass is 10.0. The van der Waals surface area contributed by atoms with Gasteiger partial charge in [-0.15, -0.1) is 0 Å². The number of halogens is 1. The third kappa shape index (κ3) is 4.64. The van der Waals surface area contributed by atoms with Gasteiger partial charge >= 0.3 is 0 Å². The molecular formula is C24H22ClN3O3. The van der Waals surface area contributed by atoms with Gasteiger partial charge in [-0.1, -0.05) is 48.0 Å². The van der Waals surface area contributed by atoms with Gasteiger partial charge < -0.3 is 20.7 Å². The summed E-state index contributed by atoms with van der Waals surface area (Å²) < 4.78 is 5.60. The van der Waals surface area contributed by atoms with Crippen LogP contribution in [0.2, 0.25) is 5.02 Å². The van der Waals surface area contributed by atoms with Gasteiger partial charge in [0, 0.05) is 16.4 Å². The quantitative estimate of drug-likeness (QED) is 0.517. The highest BCUT2D eigenvalue weighted by Gasteiger charge is 2.25. The van der Waals surface area contributed by atoms with E-state index in [1.54, 1.807) is 25.1 Å². The van der Waals surface area contributed by atoms with Gasteiger partial charge in [-0.2, -0.15) is 0 Å². The molecular weight excluding hydrogens is 414 g/mol. The first-order valence-electron chi connectivity index (χ1n) is 9.91. The van der Waals surface area contributed by atoms with Crippen LogP contribution >= 0.6 is 11.6 Å². The Hall–Kier alpha value is -3.51. The second-order valence-electron chi connectivity index (χ2n) is 7.40. The van der Waals surface area contributed by atoms with Gasteiger partial charge in [0.2, 0.25) is 0 Å².